The van der Waals surface area contributed by atoms with Crippen molar-refractivity contribution in [2.24, 2.45) is 7.05 Å². The van der Waals surface area contributed by atoms with Gasteiger partial charge in [-0.25, -0.2) is 0 Å². The highest BCUT2D eigenvalue weighted by Crippen LogP contribution is 2.44. The topological polar surface area (TPSA) is 22.0 Å². The van der Waals surface area contributed by atoms with E-state index in [2.05, 4.69) is 11.6 Å². The molecule has 0 spiro atoms. The van der Waals surface area contributed by atoms with Gasteiger partial charge in [0.2, 0.25) is 0 Å². The van der Waals surface area contributed by atoms with E-state index in [-0.39, 0.29) is 0 Å². The van der Waals surface area contributed by atoms with E-state index in [4.69, 9.17) is 0 Å². The van der Waals surface area contributed by atoms with Crippen LogP contribution in [0.25, 0.3) is 0 Å². The van der Waals surface area contributed by atoms with Gasteiger partial charge in [-0.2, -0.15) is 17.6 Å². The fraction of sp³-hybridized carbons (Fsp3) is 0.375. The summed E-state index contributed by atoms with van der Waals surface area (Å²) < 4.78 is 51.3. The lowest BCUT2D eigenvalue weighted by Crippen LogP contribution is -2.37. The second-order valence-electron chi connectivity index (χ2n) is 2.88. The lowest BCUT2D eigenvalue weighted by Gasteiger charge is -2.22. The van der Waals surface area contributed by atoms with E-state index in [1.54, 1.807) is 0 Å². The Bertz CT molecular complexity index is 423. The first kappa shape index (κ1) is 12.0. The number of alkyl halides is 5. The van der Waals surface area contributed by atoms with Gasteiger partial charge in [-0.05, 0) is 17.7 Å². The standard InChI is InChI=1S/C8H6ClF4NO/c1-14-5(3-2-4-6(14)15)7(10,11)8(9,12)13/h2-4H,1H3. The van der Waals surface area contributed by atoms with Crippen molar-refractivity contribution in [1.82, 2.24) is 4.57 Å². The van der Waals surface area contributed by atoms with Crippen LogP contribution >= 0.6 is 11.6 Å². The maximum atomic E-state index is 13.1. The van der Waals surface area contributed by atoms with E-state index < -0.39 is 22.6 Å². The molecule has 0 N–H and O–H groups in total. The average Bonchev–Trinajstić information content (AvgIpc) is 2.07. The lowest BCUT2D eigenvalue weighted by atomic mass is 10.2. The van der Waals surface area contributed by atoms with Crippen LogP contribution < -0.4 is 5.56 Å². The quantitative estimate of drug-likeness (QED) is 0.577. The Kier molecular flexibility index (Phi) is 2.82. The van der Waals surface area contributed by atoms with Crippen LogP contribution in [0.4, 0.5) is 17.6 Å². The summed E-state index contributed by atoms with van der Waals surface area (Å²) >= 11 is 4.28. The van der Waals surface area contributed by atoms with Crippen molar-refractivity contribution in [2.75, 3.05) is 0 Å². The Hall–Kier alpha value is -1.04. The molecule has 0 saturated heterocycles. The van der Waals surface area contributed by atoms with Crippen LogP contribution in [-0.2, 0) is 13.0 Å². The van der Waals surface area contributed by atoms with Gasteiger partial charge in [0.15, 0.2) is 0 Å². The fourth-order valence-corrected chi connectivity index (χ4v) is 1.12. The predicted octanol–water partition coefficient (Wildman–Crippen LogP) is 2.31. The maximum absolute atomic E-state index is 13.1. The van der Waals surface area contributed by atoms with Gasteiger partial charge in [0.1, 0.15) is 0 Å². The smallest absolute Gasteiger partial charge is 0.310 e. The molecule has 0 unspecified atom stereocenters. The lowest BCUT2D eigenvalue weighted by molar-refractivity contribution is -0.168. The van der Waals surface area contributed by atoms with Crippen LogP contribution in [0.5, 0.6) is 0 Å². The molecule has 1 aromatic heterocycles. The third kappa shape index (κ3) is 1.99. The first-order chi connectivity index (χ1) is 6.68. The van der Waals surface area contributed by atoms with Gasteiger partial charge >= 0.3 is 11.3 Å². The Labute approximate surface area is 87.1 Å². The number of hydrogen-bond donors (Lipinski definition) is 0. The first-order valence-corrected chi connectivity index (χ1v) is 4.17. The van der Waals surface area contributed by atoms with E-state index in [0.717, 1.165) is 25.2 Å². The molecule has 0 bridgehead atoms. The number of rotatable bonds is 2. The van der Waals surface area contributed by atoms with Gasteiger partial charge in [-0.3, -0.25) is 4.79 Å². The molecule has 7 heteroatoms. The van der Waals surface area contributed by atoms with E-state index >= 15 is 0 Å². The summed E-state index contributed by atoms with van der Waals surface area (Å²) in [4.78, 5) is 11.0. The summed E-state index contributed by atoms with van der Waals surface area (Å²) in [5.41, 5.74) is -1.94. The number of halogens is 5. The van der Waals surface area contributed by atoms with Gasteiger partial charge in [-0.15, -0.1) is 0 Å². The summed E-state index contributed by atoms with van der Waals surface area (Å²) in [6.45, 7) is 0. The molecule has 1 aromatic rings. The fourth-order valence-electron chi connectivity index (χ4n) is 1.02. The molecular weight excluding hydrogens is 238 g/mol. The van der Waals surface area contributed by atoms with Crippen molar-refractivity contribution in [3.05, 3.63) is 34.2 Å². The zero-order valence-corrected chi connectivity index (χ0v) is 8.23. The zero-order chi connectivity index (χ0) is 11.9. The van der Waals surface area contributed by atoms with Crippen molar-refractivity contribution in [1.29, 1.82) is 0 Å². The molecule has 2 nitrogen and oxygen atoms in total. The van der Waals surface area contributed by atoms with Crippen LogP contribution in [-0.4, -0.2) is 9.95 Å². The van der Waals surface area contributed by atoms with Crippen LogP contribution in [0.2, 0.25) is 0 Å². The number of hydrogen-bond acceptors (Lipinski definition) is 1. The number of pyridine rings is 1. The Morgan fingerprint density at radius 2 is 1.80 bits per heavy atom. The number of aromatic nitrogens is 1. The molecule has 0 atom stereocenters. The highest BCUT2D eigenvalue weighted by atomic mass is 35.5. The molecule has 0 saturated carbocycles. The van der Waals surface area contributed by atoms with E-state index in [1.165, 1.54) is 0 Å². The van der Waals surface area contributed by atoms with Gasteiger partial charge in [-0.1, -0.05) is 6.07 Å². The van der Waals surface area contributed by atoms with Crippen molar-refractivity contribution in [3.63, 3.8) is 0 Å². The molecular formula is C8H6ClF4NO. The Morgan fingerprint density at radius 3 is 2.27 bits per heavy atom. The Balaban J connectivity index is 3.40. The van der Waals surface area contributed by atoms with Crippen LogP contribution in [0.1, 0.15) is 5.69 Å². The second-order valence-corrected chi connectivity index (χ2v) is 3.36. The molecule has 0 amide bonds. The van der Waals surface area contributed by atoms with Crippen molar-refractivity contribution >= 4 is 11.6 Å². The van der Waals surface area contributed by atoms with Crippen molar-refractivity contribution in [3.8, 4) is 0 Å². The zero-order valence-electron chi connectivity index (χ0n) is 7.48. The second kappa shape index (κ2) is 3.52. The molecule has 0 aromatic carbocycles. The molecule has 0 aliphatic heterocycles. The van der Waals surface area contributed by atoms with E-state index in [9.17, 15) is 22.4 Å². The minimum atomic E-state index is -4.74. The largest absolute Gasteiger partial charge is 0.390 e. The monoisotopic (exact) mass is 243 g/mol. The molecule has 15 heavy (non-hydrogen) atoms. The summed E-state index contributed by atoms with van der Waals surface area (Å²) in [6.07, 6.45) is 0. The average molecular weight is 244 g/mol. The SMILES string of the molecule is Cn1c(C(F)(F)C(F)(F)Cl)cccc1=O. The maximum Gasteiger partial charge on any atom is 0.390 e. The van der Waals surface area contributed by atoms with Gasteiger partial charge in [0, 0.05) is 13.1 Å². The minimum absolute atomic E-state index is 0.427. The molecule has 0 aliphatic carbocycles. The molecule has 0 fully saturated rings. The van der Waals surface area contributed by atoms with Gasteiger partial charge < -0.3 is 4.57 Å². The summed E-state index contributed by atoms with van der Waals surface area (Å²) in [7, 11) is 0.966. The van der Waals surface area contributed by atoms with Gasteiger partial charge in [0.25, 0.3) is 5.56 Å². The van der Waals surface area contributed by atoms with Crippen molar-refractivity contribution in [2.45, 2.75) is 11.3 Å². The summed E-state index contributed by atoms with van der Waals surface area (Å²) in [5.74, 6) is -4.59. The molecule has 0 aliphatic rings. The molecule has 1 heterocycles. The van der Waals surface area contributed by atoms with E-state index in [0.29, 0.717) is 4.57 Å². The molecule has 1 rings (SSSR count). The van der Waals surface area contributed by atoms with Crippen LogP contribution in [0.15, 0.2) is 23.0 Å². The molecule has 0 radical (unpaired) electrons. The highest BCUT2D eigenvalue weighted by molar-refractivity contribution is 6.22. The highest BCUT2D eigenvalue weighted by Gasteiger charge is 2.57. The summed E-state index contributed by atoms with van der Waals surface area (Å²) in [6, 6.07) is 2.66. The number of nitrogens with zero attached hydrogens (tertiary/aromatic N) is 1. The normalized spacial score (nSPS) is 12.9. The van der Waals surface area contributed by atoms with Crippen molar-refractivity contribution < 1.29 is 17.6 Å². The third-order valence-corrected chi connectivity index (χ3v) is 2.10. The van der Waals surface area contributed by atoms with E-state index in [1.807, 2.05) is 0 Å². The Morgan fingerprint density at radius 1 is 1.27 bits per heavy atom. The molecule has 84 valence electrons. The first-order valence-electron chi connectivity index (χ1n) is 3.79. The summed E-state index contributed by atoms with van der Waals surface area (Å²) in [5, 5.41) is -4.74. The predicted molar refractivity (Wildman–Crippen MR) is 46.4 cm³/mol. The van der Waals surface area contributed by atoms with Crippen LogP contribution in [0.3, 0.4) is 0 Å². The minimum Gasteiger partial charge on any atom is -0.310 e. The third-order valence-electron chi connectivity index (χ3n) is 1.86. The van der Waals surface area contributed by atoms with Gasteiger partial charge in [0.05, 0.1) is 5.69 Å². The van der Waals surface area contributed by atoms with Crippen LogP contribution in [0, 0.1) is 0 Å².